The average Bonchev–Trinajstić information content (AvgIpc) is 3.25. The molecule has 1 saturated heterocycles. The molecule has 1 aliphatic heterocycles. The van der Waals surface area contributed by atoms with Gasteiger partial charge >= 0.3 is 0 Å². The zero-order valence-electron chi connectivity index (χ0n) is 17.5. The molecule has 2 aromatic carbocycles. The van der Waals surface area contributed by atoms with E-state index in [0.717, 1.165) is 37.3 Å². The maximum atomic E-state index is 13.3. The number of piperidine rings is 1. The van der Waals surface area contributed by atoms with Crippen molar-refractivity contribution in [3.63, 3.8) is 0 Å². The summed E-state index contributed by atoms with van der Waals surface area (Å²) in [4.78, 5) is 13.3. The minimum atomic E-state index is -0.218. The van der Waals surface area contributed by atoms with E-state index in [1.165, 1.54) is 0 Å². The molecular formula is C23H25ClN4O3. The van der Waals surface area contributed by atoms with Crippen molar-refractivity contribution in [2.24, 2.45) is 0 Å². The summed E-state index contributed by atoms with van der Waals surface area (Å²) in [6.07, 6.45) is 3.51. The predicted molar refractivity (Wildman–Crippen MR) is 121 cm³/mol. The lowest BCUT2D eigenvalue weighted by Gasteiger charge is -2.24. The number of hydrogen-bond acceptors (Lipinski definition) is 5. The molecule has 1 amide bonds. The van der Waals surface area contributed by atoms with Crippen molar-refractivity contribution in [3.8, 4) is 17.2 Å². The Morgan fingerprint density at radius 3 is 2.35 bits per heavy atom. The van der Waals surface area contributed by atoms with Gasteiger partial charge in [0.15, 0.2) is 0 Å². The number of carbonyl (C=O) groups excluding carboxylic acids is 1. The highest BCUT2D eigenvalue weighted by Gasteiger charge is 2.27. The van der Waals surface area contributed by atoms with E-state index in [4.69, 9.17) is 21.1 Å². The molecule has 4 rings (SSSR count). The third kappa shape index (κ3) is 4.68. The van der Waals surface area contributed by atoms with Crippen molar-refractivity contribution in [1.29, 1.82) is 0 Å². The van der Waals surface area contributed by atoms with Gasteiger partial charge < -0.3 is 20.1 Å². The van der Waals surface area contributed by atoms with E-state index in [1.807, 2.05) is 28.9 Å². The first-order valence-corrected chi connectivity index (χ1v) is 10.6. The Morgan fingerprint density at radius 2 is 1.74 bits per heavy atom. The number of anilines is 1. The highest BCUT2D eigenvalue weighted by Crippen LogP contribution is 2.32. The van der Waals surface area contributed by atoms with Crippen molar-refractivity contribution in [1.82, 2.24) is 15.1 Å². The molecule has 0 aliphatic carbocycles. The number of amides is 1. The van der Waals surface area contributed by atoms with Gasteiger partial charge in [0.05, 0.1) is 37.4 Å². The Bertz CT molecular complexity index is 1040. The van der Waals surface area contributed by atoms with E-state index in [2.05, 4.69) is 15.7 Å². The zero-order chi connectivity index (χ0) is 21.8. The summed E-state index contributed by atoms with van der Waals surface area (Å²) in [5.41, 5.74) is 2.94. The molecule has 0 atom stereocenters. The zero-order valence-corrected chi connectivity index (χ0v) is 18.3. The molecule has 162 valence electrons. The van der Waals surface area contributed by atoms with Gasteiger partial charge in [0.1, 0.15) is 11.5 Å². The number of aromatic nitrogens is 2. The molecule has 8 heteroatoms. The molecule has 0 spiro atoms. The highest BCUT2D eigenvalue weighted by molar-refractivity contribution is 6.30. The first-order chi connectivity index (χ1) is 15.1. The lowest BCUT2D eigenvalue weighted by atomic mass is 9.91. The van der Waals surface area contributed by atoms with Gasteiger partial charge in [-0.25, -0.2) is 4.68 Å². The maximum absolute atomic E-state index is 13.3. The Morgan fingerprint density at radius 1 is 1.10 bits per heavy atom. The largest absolute Gasteiger partial charge is 0.497 e. The third-order valence-electron chi connectivity index (χ3n) is 5.46. The highest BCUT2D eigenvalue weighted by atomic mass is 35.5. The fraction of sp³-hybridized carbons (Fsp3) is 0.304. The van der Waals surface area contributed by atoms with Gasteiger partial charge in [0.25, 0.3) is 5.91 Å². The van der Waals surface area contributed by atoms with E-state index in [9.17, 15) is 4.79 Å². The number of carbonyl (C=O) groups is 1. The second kappa shape index (κ2) is 9.41. The van der Waals surface area contributed by atoms with Crippen LogP contribution in [0.15, 0.2) is 48.7 Å². The normalized spacial score (nSPS) is 14.3. The van der Waals surface area contributed by atoms with Crippen LogP contribution < -0.4 is 20.1 Å². The molecule has 0 unspecified atom stereocenters. The third-order valence-corrected chi connectivity index (χ3v) is 5.71. The number of benzene rings is 2. The standard InChI is InChI=1S/C23H25ClN4O3/c1-30-19-11-17(12-20(13-19)31-2)27-23(29)21-14-26-28(18-5-3-16(24)4-6-18)22(21)15-7-9-25-10-8-15/h3-6,11-15,25H,7-10H2,1-2H3,(H,27,29). The van der Waals surface area contributed by atoms with Gasteiger partial charge in [0.2, 0.25) is 0 Å². The topological polar surface area (TPSA) is 77.4 Å². The summed E-state index contributed by atoms with van der Waals surface area (Å²) in [5, 5.41) is 11.6. The summed E-state index contributed by atoms with van der Waals surface area (Å²) in [6, 6.07) is 12.8. The number of nitrogens with one attached hydrogen (secondary N) is 2. The summed E-state index contributed by atoms with van der Waals surface area (Å²) in [6.45, 7) is 1.81. The Hall–Kier alpha value is -3.03. The summed E-state index contributed by atoms with van der Waals surface area (Å²) in [7, 11) is 3.15. The van der Waals surface area contributed by atoms with Crippen LogP contribution in [0.5, 0.6) is 11.5 Å². The lowest BCUT2D eigenvalue weighted by molar-refractivity contribution is 0.102. The molecule has 31 heavy (non-hydrogen) atoms. The second-order valence-corrected chi connectivity index (χ2v) is 7.85. The predicted octanol–water partition coefficient (Wildman–Crippen LogP) is 4.26. The lowest BCUT2D eigenvalue weighted by Crippen LogP contribution is -2.29. The smallest absolute Gasteiger partial charge is 0.259 e. The van der Waals surface area contributed by atoms with Crippen LogP contribution in [0.3, 0.4) is 0 Å². The van der Waals surface area contributed by atoms with Crippen LogP contribution in [0.25, 0.3) is 5.69 Å². The van der Waals surface area contributed by atoms with Gasteiger partial charge in [0, 0.05) is 34.8 Å². The fourth-order valence-corrected chi connectivity index (χ4v) is 4.01. The summed E-state index contributed by atoms with van der Waals surface area (Å²) < 4.78 is 12.5. The van der Waals surface area contributed by atoms with E-state index < -0.39 is 0 Å². The van der Waals surface area contributed by atoms with Crippen molar-refractivity contribution in [3.05, 3.63) is 64.9 Å². The molecule has 1 aromatic heterocycles. The Balaban J connectivity index is 1.70. The van der Waals surface area contributed by atoms with Crippen molar-refractivity contribution in [2.75, 3.05) is 32.6 Å². The number of hydrogen-bond donors (Lipinski definition) is 2. The molecule has 1 fully saturated rings. The van der Waals surface area contributed by atoms with Gasteiger partial charge in [-0.2, -0.15) is 5.10 Å². The Labute approximate surface area is 186 Å². The van der Waals surface area contributed by atoms with Crippen LogP contribution in [0.1, 0.15) is 34.8 Å². The molecule has 0 radical (unpaired) electrons. The molecule has 2 heterocycles. The minimum absolute atomic E-state index is 0.218. The van der Waals surface area contributed by atoms with Gasteiger partial charge in [-0.3, -0.25) is 4.79 Å². The minimum Gasteiger partial charge on any atom is -0.497 e. The average molecular weight is 441 g/mol. The molecule has 0 bridgehead atoms. The van der Waals surface area contributed by atoms with Crippen molar-refractivity contribution in [2.45, 2.75) is 18.8 Å². The molecule has 2 N–H and O–H groups in total. The quantitative estimate of drug-likeness (QED) is 0.598. The van der Waals surface area contributed by atoms with Crippen LogP contribution in [0, 0.1) is 0 Å². The first kappa shape index (κ1) is 21.2. The first-order valence-electron chi connectivity index (χ1n) is 10.2. The van der Waals surface area contributed by atoms with Crippen molar-refractivity contribution >= 4 is 23.2 Å². The molecule has 1 aliphatic rings. The number of halogens is 1. The SMILES string of the molecule is COc1cc(NC(=O)c2cnn(-c3ccc(Cl)cc3)c2C2CCNCC2)cc(OC)c1. The molecule has 0 saturated carbocycles. The number of methoxy groups -OCH3 is 2. The van der Waals surface area contributed by atoms with Crippen molar-refractivity contribution < 1.29 is 14.3 Å². The number of ether oxygens (including phenoxy) is 2. The van der Waals surface area contributed by atoms with Gasteiger partial charge in [-0.15, -0.1) is 0 Å². The van der Waals surface area contributed by atoms with E-state index in [0.29, 0.717) is 27.8 Å². The fourth-order valence-electron chi connectivity index (χ4n) is 3.89. The summed E-state index contributed by atoms with van der Waals surface area (Å²) in [5.74, 6) is 1.21. The summed E-state index contributed by atoms with van der Waals surface area (Å²) >= 11 is 6.06. The molecule has 3 aromatic rings. The van der Waals surface area contributed by atoms with Gasteiger partial charge in [-0.1, -0.05) is 11.6 Å². The van der Waals surface area contributed by atoms with E-state index >= 15 is 0 Å². The van der Waals surface area contributed by atoms with E-state index in [1.54, 1.807) is 38.6 Å². The van der Waals surface area contributed by atoms with E-state index in [-0.39, 0.29) is 11.8 Å². The number of rotatable bonds is 6. The van der Waals surface area contributed by atoms with Crippen LogP contribution in [-0.2, 0) is 0 Å². The monoisotopic (exact) mass is 440 g/mol. The van der Waals surface area contributed by atoms with Crippen LogP contribution in [0.4, 0.5) is 5.69 Å². The molecular weight excluding hydrogens is 416 g/mol. The molecule has 7 nitrogen and oxygen atoms in total. The van der Waals surface area contributed by atoms with Crippen LogP contribution in [0.2, 0.25) is 5.02 Å². The number of nitrogens with zero attached hydrogens (tertiary/aromatic N) is 2. The Kier molecular flexibility index (Phi) is 6.44. The van der Waals surface area contributed by atoms with Gasteiger partial charge in [-0.05, 0) is 50.2 Å². The van der Waals surface area contributed by atoms with Crippen LogP contribution >= 0.6 is 11.6 Å². The maximum Gasteiger partial charge on any atom is 0.259 e. The second-order valence-electron chi connectivity index (χ2n) is 7.41. The van der Waals surface area contributed by atoms with Crippen LogP contribution in [-0.4, -0.2) is 43.0 Å².